The molecule has 0 aromatic carbocycles. The van der Waals surface area contributed by atoms with E-state index >= 15 is 0 Å². The molecule has 0 aliphatic rings. The molecule has 0 fully saturated rings. The number of fused-ring (bicyclic) bond motifs is 1. The molecule has 0 spiro atoms. The molecular formula is C11H13NO. The SMILES string of the molecule is CC(C)(C)c1cc2occc2cn1. The third-order valence-electron chi connectivity index (χ3n) is 2.11. The fourth-order valence-corrected chi connectivity index (χ4v) is 1.27. The van der Waals surface area contributed by atoms with Crippen molar-refractivity contribution in [2.75, 3.05) is 0 Å². The zero-order valence-corrected chi connectivity index (χ0v) is 8.16. The van der Waals surface area contributed by atoms with Gasteiger partial charge in [-0.05, 0) is 6.07 Å². The summed E-state index contributed by atoms with van der Waals surface area (Å²) in [6.07, 6.45) is 3.55. The number of rotatable bonds is 0. The Labute approximate surface area is 77.6 Å². The van der Waals surface area contributed by atoms with Crippen LogP contribution >= 0.6 is 0 Å². The number of nitrogens with zero attached hydrogens (tertiary/aromatic N) is 1. The van der Waals surface area contributed by atoms with E-state index < -0.39 is 0 Å². The van der Waals surface area contributed by atoms with Gasteiger partial charge in [-0.25, -0.2) is 0 Å². The Kier molecular flexibility index (Phi) is 1.65. The van der Waals surface area contributed by atoms with Crippen molar-refractivity contribution in [3.05, 3.63) is 30.3 Å². The minimum Gasteiger partial charge on any atom is -0.464 e. The zero-order chi connectivity index (χ0) is 9.47. The van der Waals surface area contributed by atoms with E-state index in [0.717, 1.165) is 16.7 Å². The maximum absolute atomic E-state index is 5.31. The van der Waals surface area contributed by atoms with Crippen LogP contribution in [0, 0.1) is 0 Å². The van der Waals surface area contributed by atoms with Crippen molar-refractivity contribution < 1.29 is 4.42 Å². The lowest BCUT2D eigenvalue weighted by Gasteiger charge is -2.16. The van der Waals surface area contributed by atoms with Crippen LogP contribution in [0.3, 0.4) is 0 Å². The molecule has 0 saturated carbocycles. The van der Waals surface area contributed by atoms with E-state index in [9.17, 15) is 0 Å². The van der Waals surface area contributed by atoms with Crippen LogP contribution in [0.1, 0.15) is 26.5 Å². The van der Waals surface area contributed by atoms with Gasteiger partial charge in [-0.15, -0.1) is 0 Å². The highest BCUT2D eigenvalue weighted by Crippen LogP contribution is 2.23. The molecular weight excluding hydrogens is 162 g/mol. The normalized spacial score (nSPS) is 12.2. The molecule has 0 aliphatic heterocycles. The fraction of sp³-hybridized carbons (Fsp3) is 0.364. The summed E-state index contributed by atoms with van der Waals surface area (Å²) in [7, 11) is 0. The fourth-order valence-electron chi connectivity index (χ4n) is 1.27. The van der Waals surface area contributed by atoms with Crippen LogP contribution in [0.15, 0.2) is 29.0 Å². The van der Waals surface area contributed by atoms with Gasteiger partial charge in [0.2, 0.25) is 0 Å². The number of pyridine rings is 1. The monoisotopic (exact) mass is 175 g/mol. The molecule has 0 atom stereocenters. The molecule has 0 bridgehead atoms. The predicted octanol–water partition coefficient (Wildman–Crippen LogP) is 3.13. The smallest absolute Gasteiger partial charge is 0.137 e. The molecule has 2 rings (SSSR count). The van der Waals surface area contributed by atoms with Gasteiger partial charge in [0, 0.05) is 28.8 Å². The minimum atomic E-state index is 0.0843. The van der Waals surface area contributed by atoms with Gasteiger partial charge in [0.05, 0.1) is 6.26 Å². The van der Waals surface area contributed by atoms with Crippen LogP contribution in [-0.2, 0) is 5.41 Å². The average Bonchev–Trinajstić information content (AvgIpc) is 2.47. The summed E-state index contributed by atoms with van der Waals surface area (Å²) in [5.41, 5.74) is 2.07. The summed E-state index contributed by atoms with van der Waals surface area (Å²) in [5, 5.41) is 1.06. The lowest BCUT2D eigenvalue weighted by Crippen LogP contribution is -2.12. The van der Waals surface area contributed by atoms with Crippen LogP contribution in [0.2, 0.25) is 0 Å². The van der Waals surface area contributed by atoms with E-state index in [-0.39, 0.29) is 5.41 Å². The Morgan fingerprint density at radius 1 is 1.31 bits per heavy atom. The molecule has 2 aromatic rings. The highest BCUT2D eigenvalue weighted by molar-refractivity contribution is 5.76. The van der Waals surface area contributed by atoms with E-state index in [1.54, 1.807) is 6.26 Å². The zero-order valence-electron chi connectivity index (χ0n) is 8.16. The topological polar surface area (TPSA) is 26.0 Å². The van der Waals surface area contributed by atoms with Crippen molar-refractivity contribution in [3.63, 3.8) is 0 Å². The quantitative estimate of drug-likeness (QED) is 0.614. The molecule has 0 saturated heterocycles. The van der Waals surface area contributed by atoms with E-state index in [4.69, 9.17) is 4.42 Å². The van der Waals surface area contributed by atoms with Crippen LogP contribution in [0.4, 0.5) is 0 Å². The summed E-state index contributed by atoms with van der Waals surface area (Å²) < 4.78 is 5.31. The summed E-state index contributed by atoms with van der Waals surface area (Å²) in [5.74, 6) is 0. The van der Waals surface area contributed by atoms with Crippen molar-refractivity contribution in [2.24, 2.45) is 0 Å². The van der Waals surface area contributed by atoms with Crippen LogP contribution in [0.5, 0.6) is 0 Å². The van der Waals surface area contributed by atoms with Crippen molar-refractivity contribution in [2.45, 2.75) is 26.2 Å². The lowest BCUT2D eigenvalue weighted by molar-refractivity contribution is 0.564. The molecule has 0 aliphatic carbocycles. The molecule has 68 valence electrons. The third kappa shape index (κ3) is 1.44. The first-order valence-electron chi connectivity index (χ1n) is 4.41. The summed E-state index contributed by atoms with van der Waals surface area (Å²) in [6.45, 7) is 6.43. The Balaban J connectivity index is 2.61. The first-order chi connectivity index (χ1) is 6.07. The Morgan fingerprint density at radius 2 is 2.08 bits per heavy atom. The second-order valence-electron chi connectivity index (χ2n) is 4.28. The van der Waals surface area contributed by atoms with Gasteiger partial charge in [-0.1, -0.05) is 20.8 Å². The highest BCUT2D eigenvalue weighted by Gasteiger charge is 2.15. The molecule has 2 heterocycles. The van der Waals surface area contributed by atoms with Crippen molar-refractivity contribution in [3.8, 4) is 0 Å². The van der Waals surface area contributed by atoms with Gasteiger partial charge in [0.1, 0.15) is 5.58 Å². The number of hydrogen-bond acceptors (Lipinski definition) is 2. The van der Waals surface area contributed by atoms with Crippen LogP contribution in [0.25, 0.3) is 11.0 Å². The van der Waals surface area contributed by atoms with Gasteiger partial charge in [-0.2, -0.15) is 0 Å². The molecule has 13 heavy (non-hydrogen) atoms. The highest BCUT2D eigenvalue weighted by atomic mass is 16.3. The van der Waals surface area contributed by atoms with Gasteiger partial charge in [-0.3, -0.25) is 4.98 Å². The molecule has 0 N–H and O–H groups in total. The standard InChI is InChI=1S/C11H13NO/c1-11(2,3)10-6-9-8(7-12-10)4-5-13-9/h4-7H,1-3H3. The Bertz CT molecular complexity index is 423. The maximum Gasteiger partial charge on any atom is 0.137 e. The van der Waals surface area contributed by atoms with E-state index in [1.807, 2.05) is 18.3 Å². The molecule has 2 aromatic heterocycles. The third-order valence-corrected chi connectivity index (χ3v) is 2.11. The number of furan rings is 1. The molecule has 0 amide bonds. The van der Waals surface area contributed by atoms with E-state index in [2.05, 4.69) is 25.8 Å². The molecule has 2 nitrogen and oxygen atoms in total. The largest absolute Gasteiger partial charge is 0.464 e. The first-order valence-corrected chi connectivity index (χ1v) is 4.41. The van der Waals surface area contributed by atoms with Gasteiger partial charge in [0.15, 0.2) is 0 Å². The minimum absolute atomic E-state index is 0.0843. The van der Waals surface area contributed by atoms with Crippen LogP contribution < -0.4 is 0 Å². The summed E-state index contributed by atoms with van der Waals surface area (Å²) >= 11 is 0. The van der Waals surface area contributed by atoms with Crippen LogP contribution in [-0.4, -0.2) is 4.98 Å². The molecule has 0 unspecified atom stereocenters. The van der Waals surface area contributed by atoms with Crippen molar-refractivity contribution in [1.29, 1.82) is 0 Å². The first kappa shape index (κ1) is 8.30. The van der Waals surface area contributed by atoms with Gasteiger partial charge in [0.25, 0.3) is 0 Å². The molecule has 0 radical (unpaired) electrons. The molecule has 2 heteroatoms. The summed E-state index contributed by atoms with van der Waals surface area (Å²) in [6, 6.07) is 3.93. The second-order valence-corrected chi connectivity index (χ2v) is 4.28. The van der Waals surface area contributed by atoms with Gasteiger partial charge >= 0.3 is 0 Å². The number of aromatic nitrogens is 1. The predicted molar refractivity (Wildman–Crippen MR) is 52.7 cm³/mol. The van der Waals surface area contributed by atoms with E-state index in [0.29, 0.717) is 0 Å². The lowest BCUT2D eigenvalue weighted by atomic mass is 9.91. The van der Waals surface area contributed by atoms with Crippen molar-refractivity contribution >= 4 is 11.0 Å². The maximum atomic E-state index is 5.31. The Morgan fingerprint density at radius 3 is 2.77 bits per heavy atom. The average molecular weight is 175 g/mol. The van der Waals surface area contributed by atoms with E-state index in [1.165, 1.54) is 0 Å². The second kappa shape index (κ2) is 2.59. The number of hydrogen-bond donors (Lipinski definition) is 0. The van der Waals surface area contributed by atoms with Gasteiger partial charge < -0.3 is 4.42 Å². The Hall–Kier alpha value is -1.31. The summed E-state index contributed by atoms with van der Waals surface area (Å²) in [4.78, 5) is 4.39. The van der Waals surface area contributed by atoms with Crippen molar-refractivity contribution in [1.82, 2.24) is 4.98 Å².